The summed E-state index contributed by atoms with van der Waals surface area (Å²) in [5.74, 6) is 0.924. The average Bonchev–Trinajstić information content (AvgIpc) is 2.82. The molecule has 0 saturated carbocycles. The summed E-state index contributed by atoms with van der Waals surface area (Å²) in [6.07, 6.45) is 0. The number of nitrogens with one attached hydrogen (secondary N) is 1. The molecule has 114 valence electrons. The fraction of sp³-hybridized carbons (Fsp3) is 0.471. The van der Waals surface area contributed by atoms with Gasteiger partial charge >= 0.3 is 0 Å². The first-order valence-corrected chi connectivity index (χ1v) is 7.38. The predicted molar refractivity (Wildman–Crippen MR) is 86.0 cm³/mol. The molecule has 1 aromatic heterocycles. The summed E-state index contributed by atoms with van der Waals surface area (Å²) in [4.78, 5) is 0. The van der Waals surface area contributed by atoms with Crippen LogP contribution in [0.3, 0.4) is 0 Å². The summed E-state index contributed by atoms with van der Waals surface area (Å²) in [5, 5.41) is 7.98. The van der Waals surface area contributed by atoms with Gasteiger partial charge in [0.2, 0.25) is 0 Å². The highest BCUT2D eigenvalue weighted by Gasteiger charge is 2.23. The third-order valence-electron chi connectivity index (χ3n) is 3.82. The molecule has 1 atom stereocenters. The molecule has 21 heavy (non-hydrogen) atoms. The van der Waals surface area contributed by atoms with Gasteiger partial charge in [-0.25, -0.2) is 0 Å². The van der Waals surface area contributed by atoms with E-state index in [2.05, 4.69) is 54.1 Å². The number of benzene rings is 1. The van der Waals surface area contributed by atoms with Gasteiger partial charge in [0, 0.05) is 12.1 Å². The van der Waals surface area contributed by atoms with Crippen LogP contribution in [0.25, 0.3) is 0 Å². The molecule has 1 N–H and O–H groups in total. The van der Waals surface area contributed by atoms with E-state index in [1.54, 1.807) is 7.11 Å². The summed E-state index contributed by atoms with van der Waals surface area (Å²) < 4.78 is 7.67. The third-order valence-corrected chi connectivity index (χ3v) is 3.82. The van der Waals surface area contributed by atoms with Gasteiger partial charge in [-0.05, 0) is 58.0 Å². The summed E-state index contributed by atoms with van der Waals surface area (Å²) in [6.45, 7) is 9.22. The number of rotatable bonds is 5. The standard InChI is InChI=1S/C17H25N3O/c1-7-20-14(10-13(4)19-20)17(18-5)16-12(3)8-11(2)9-15(16)21-6/h8-10,17-18H,7H2,1-6H3. The highest BCUT2D eigenvalue weighted by atomic mass is 16.5. The Hall–Kier alpha value is -1.81. The zero-order valence-corrected chi connectivity index (χ0v) is 13.8. The quantitative estimate of drug-likeness (QED) is 0.918. The van der Waals surface area contributed by atoms with Crippen molar-refractivity contribution in [3.63, 3.8) is 0 Å². The smallest absolute Gasteiger partial charge is 0.124 e. The van der Waals surface area contributed by atoms with Gasteiger partial charge in [0.15, 0.2) is 0 Å². The lowest BCUT2D eigenvalue weighted by Crippen LogP contribution is -2.23. The first-order chi connectivity index (χ1) is 10.0. The maximum absolute atomic E-state index is 5.62. The average molecular weight is 287 g/mol. The first kappa shape index (κ1) is 15.6. The molecule has 0 saturated heterocycles. The molecule has 0 aliphatic rings. The third kappa shape index (κ3) is 2.95. The van der Waals surface area contributed by atoms with Crippen molar-refractivity contribution in [2.75, 3.05) is 14.2 Å². The highest BCUT2D eigenvalue weighted by Crippen LogP contribution is 2.34. The second-order valence-electron chi connectivity index (χ2n) is 5.45. The number of hydrogen-bond donors (Lipinski definition) is 1. The summed E-state index contributed by atoms with van der Waals surface area (Å²) in [5.41, 5.74) is 5.83. The monoisotopic (exact) mass is 287 g/mol. The van der Waals surface area contributed by atoms with Gasteiger partial charge in [-0.1, -0.05) is 6.07 Å². The molecule has 0 bridgehead atoms. The van der Waals surface area contributed by atoms with Crippen LogP contribution in [-0.2, 0) is 6.54 Å². The Balaban J connectivity index is 2.61. The minimum atomic E-state index is 0.0710. The van der Waals surface area contributed by atoms with Crippen molar-refractivity contribution in [2.45, 2.75) is 40.3 Å². The van der Waals surface area contributed by atoms with Gasteiger partial charge in [0.1, 0.15) is 5.75 Å². The van der Waals surface area contributed by atoms with Crippen molar-refractivity contribution >= 4 is 0 Å². The fourth-order valence-electron chi connectivity index (χ4n) is 2.97. The molecule has 0 amide bonds. The number of methoxy groups -OCH3 is 1. The summed E-state index contributed by atoms with van der Waals surface area (Å²) in [7, 11) is 3.71. The second kappa shape index (κ2) is 6.31. The number of aryl methyl sites for hydroxylation is 4. The molecule has 1 heterocycles. The van der Waals surface area contributed by atoms with E-state index < -0.39 is 0 Å². The van der Waals surface area contributed by atoms with Crippen molar-refractivity contribution in [2.24, 2.45) is 0 Å². The molecule has 2 aromatic rings. The first-order valence-electron chi connectivity index (χ1n) is 7.38. The van der Waals surface area contributed by atoms with Crippen molar-refractivity contribution in [3.05, 3.63) is 46.3 Å². The van der Waals surface area contributed by atoms with Crippen molar-refractivity contribution in [3.8, 4) is 5.75 Å². The Kier molecular flexibility index (Phi) is 4.68. The van der Waals surface area contributed by atoms with Crippen LogP contribution in [0.4, 0.5) is 0 Å². The van der Waals surface area contributed by atoms with E-state index in [0.29, 0.717) is 0 Å². The van der Waals surface area contributed by atoms with Gasteiger partial charge in [-0.15, -0.1) is 0 Å². The Morgan fingerprint density at radius 1 is 1.24 bits per heavy atom. The molecule has 2 rings (SSSR count). The van der Waals surface area contributed by atoms with Crippen LogP contribution < -0.4 is 10.1 Å². The second-order valence-corrected chi connectivity index (χ2v) is 5.45. The normalized spacial score (nSPS) is 12.5. The van der Waals surface area contributed by atoms with E-state index in [-0.39, 0.29) is 6.04 Å². The molecule has 0 radical (unpaired) electrons. The molecule has 4 heteroatoms. The fourth-order valence-corrected chi connectivity index (χ4v) is 2.97. The van der Waals surface area contributed by atoms with Gasteiger partial charge in [0.25, 0.3) is 0 Å². The molecule has 1 aromatic carbocycles. The van der Waals surface area contributed by atoms with E-state index in [1.165, 1.54) is 22.4 Å². The Morgan fingerprint density at radius 2 is 1.95 bits per heavy atom. The number of hydrogen-bond acceptors (Lipinski definition) is 3. The Labute approximate surface area is 127 Å². The van der Waals surface area contributed by atoms with E-state index in [9.17, 15) is 0 Å². The number of aromatic nitrogens is 2. The van der Waals surface area contributed by atoms with E-state index in [4.69, 9.17) is 4.74 Å². The van der Waals surface area contributed by atoms with Crippen LogP contribution in [-0.4, -0.2) is 23.9 Å². The molecular weight excluding hydrogens is 262 g/mol. The minimum absolute atomic E-state index is 0.0710. The largest absolute Gasteiger partial charge is 0.496 e. The van der Waals surface area contributed by atoms with Crippen molar-refractivity contribution in [1.29, 1.82) is 0 Å². The van der Waals surface area contributed by atoms with E-state index in [0.717, 1.165) is 18.0 Å². The molecule has 4 nitrogen and oxygen atoms in total. The lowest BCUT2D eigenvalue weighted by atomic mass is 9.95. The maximum Gasteiger partial charge on any atom is 0.124 e. The highest BCUT2D eigenvalue weighted by molar-refractivity contribution is 5.48. The molecular formula is C17H25N3O. The molecule has 0 spiro atoms. The van der Waals surface area contributed by atoms with Gasteiger partial charge in [-0.2, -0.15) is 5.10 Å². The summed E-state index contributed by atoms with van der Waals surface area (Å²) in [6, 6.07) is 6.50. The molecule has 0 fully saturated rings. The van der Waals surface area contributed by atoms with Crippen LogP contribution >= 0.6 is 0 Å². The zero-order chi connectivity index (χ0) is 15.6. The van der Waals surface area contributed by atoms with E-state index >= 15 is 0 Å². The maximum atomic E-state index is 5.62. The molecule has 0 aliphatic carbocycles. The lowest BCUT2D eigenvalue weighted by molar-refractivity contribution is 0.402. The van der Waals surface area contributed by atoms with Crippen molar-refractivity contribution < 1.29 is 4.74 Å². The van der Waals surface area contributed by atoms with Crippen LogP contribution in [0.1, 0.15) is 41.0 Å². The topological polar surface area (TPSA) is 39.1 Å². The SMILES string of the molecule is CCn1nc(C)cc1C(NC)c1c(C)cc(C)cc1OC. The van der Waals surface area contributed by atoms with Crippen LogP contribution in [0.5, 0.6) is 5.75 Å². The lowest BCUT2D eigenvalue weighted by Gasteiger charge is -2.23. The van der Waals surface area contributed by atoms with Crippen LogP contribution in [0.15, 0.2) is 18.2 Å². The summed E-state index contributed by atoms with van der Waals surface area (Å²) >= 11 is 0. The predicted octanol–water partition coefficient (Wildman–Crippen LogP) is 3.15. The van der Waals surface area contributed by atoms with Gasteiger partial charge < -0.3 is 10.1 Å². The van der Waals surface area contributed by atoms with Crippen LogP contribution in [0, 0.1) is 20.8 Å². The molecule has 0 aliphatic heterocycles. The van der Waals surface area contributed by atoms with E-state index in [1.807, 2.05) is 14.0 Å². The van der Waals surface area contributed by atoms with Gasteiger partial charge in [-0.3, -0.25) is 4.68 Å². The number of ether oxygens (including phenoxy) is 1. The Bertz CT molecular complexity index is 631. The number of nitrogens with zero attached hydrogens (tertiary/aromatic N) is 2. The van der Waals surface area contributed by atoms with Gasteiger partial charge in [0.05, 0.1) is 24.5 Å². The van der Waals surface area contributed by atoms with Crippen LogP contribution in [0.2, 0.25) is 0 Å². The molecule has 1 unspecified atom stereocenters. The Morgan fingerprint density at radius 3 is 2.52 bits per heavy atom. The van der Waals surface area contributed by atoms with Crippen molar-refractivity contribution in [1.82, 2.24) is 15.1 Å². The zero-order valence-electron chi connectivity index (χ0n) is 13.8. The minimum Gasteiger partial charge on any atom is -0.496 e.